The lowest BCUT2D eigenvalue weighted by Crippen LogP contribution is -2.48. The first-order chi connectivity index (χ1) is 17.2. The third-order valence-electron chi connectivity index (χ3n) is 6.89. The van der Waals surface area contributed by atoms with E-state index in [1.807, 2.05) is 61.5 Å². The zero-order valence-corrected chi connectivity index (χ0v) is 19.6. The van der Waals surface area contributed by atoms with Gasteiger partial charge in [-0.15, -0.1) is 0 Å². The number of piperidine rings is 1. The van der Waals surface area contributed by atoms with Crippen molar-refractivity contribution in [2.24, 2.45) is 0 Å². The molecular formula is C27H27N5O3. The molecule has 0 atom stereocenters. The maximum Gasteiger partial charge on any atom is 0.324 e. The summed E-state index contributed by atoms with van der Waals surface area (Å²) < 4.78 is 11.0. The number of hydrogen-bond donors (Lipinski definition) is 0. The van der Waals surface area contributed by atoms with E-state index in [9.17, 15) is 4.79 Å². The van der Waals surface area contributed by atoms with Gasteiger partial charge in [0.2, 0.25) is 5.82 Å². The van der Waals surface area contributed by atoms with E-state index in [0.717, 1.165) is 61.4 Å². The maximum atomic E-state index is 13.5. The molecule has 2 fully saturated rings. The third-order valence-corrected chi connectivity index (χ3v) is 6.89. The number of rotatable bonds is 6. The Morgan fingerprint density at radius 2 is 1.66 bits per heavy atom. The van der Waals surface area contributed by atoms with Gasteiger partial charge in [-0.05, 0) is 44.7 Å². The van der Waals surface area contributed by atoms with Crippen LogP contribution in [0.5, 0.6) is 0 Å². The Balaban J connectivity index is 1.13. The summed E-state index contributed by atoms with van der Waals surface area (Å²) in [7, 11) is 0. The highest BCUT2D eigenvalue weighted by Crippen LogP contribution is 2.34. The van der Waals surface area contributed by atoms with Crippen LogP contribution in [-0.4, -0.2) is 51.1 Å². The number of oxazole rings is 1. The average molecular weight is 470 g/mol. The van der Waals surface area contributed by atoms with E-state index in [1.54, 1.807) is 0 Å². The predicted octanol–water partition coefficient (Wildman–Crippen LogP) is 4.97. The molecule has 1 saturated heterocycles. The number of amides is 1. The summed E-state index contributed by atoms with van der Waals surface area (Å²) in [5, 5.41) is 4.15. The van der Waals surface area contributed by atoms with Gasteiger partial charge in [0.25, 0.3) is 5.91 Å². The van der Waals surface area contributed by atoms with Crippen molar-refractivity contribution in [1.29, 1.82) is 0 Å². The van der Waals surface area contributed by atoms with Gasteiger partial charge < -0.3 is 18.7 Å². The summed E-state index contributed by atoms with van der Waals surface area (Å²) in [6.07, 6.45) is 5.35. The van der Waals surface area contributed by atoms with Crippen LogP contribution in [0.25, 0.3) is 22.7 Å². The summed E-state index contributed by atoms with van der Waals surface area (Å²) in [5.74, 6) is 1.45. The molecule has 2 aromatic heterocycles. The molecule has 8 nitrogen and oxygen atoms in total. The quantitative estimate of drug-likeness (QED) is 0.394. The molecule has 8 heteroatoms. The van der Waals surface area contributed by atoms with Gasteiger partial charge >= 0.3 is 6.01 Å². The summed E-state index contributed by atoms with van der Waals surface area (Å²) >= 11 is 0. The van der Waals surface area contributed by atoms with Crippen molar-refractivity contribution in [2.75, 3.05) is 18.0 Å². The number of nitrogens with zero attached hydrogens (tertiary/aromatic N) is 5. The van der Waals surface area contributed by atoms with Crippen molar-refractivity contribution < 1.29 is 13.7 Å². The molecule has 0 unspecified atom stereocenters. The van der Waals surface area contributed by atoms with E-state index < -0.39 is 0 Å². The molecule has 4 aromatic rings. The lowest BCUT2D eigenvalue weighted by molar-refractivity contribution is 0.0629. The number of carbonyl (C=O) groups is 1. The predicted molar refractivity (Wildman–Crippen MR) is 131 cm³/mol. The van der Waals surface area contributed by atoms with E-state index in [4.69, 9.17) is 8.94 Å². The Kier molecular flexibility index (Phi) is 5.56. The molecule has 1 aliphatic heterocycles. The van der Waals surface area contributed by atoms with Crippen molar-refractivity contribution in [3.63, 3.8) is 0 Å². The second kappa shape index (κ2) is 9.02. The van der Waals surface area contributed by atoms with E-state index in [0.29, 0.717) is 23.4 Å². The molecule has 1 saturated carbocycles. The molecule has 0 bridgehead atoms. The second-order valence-electron chi connectivity index (χ2n) is 9.27. The Morgan fingerprint density at radius 3 is 2.31 bits per heavy atom. The molecule has 0 spiro atoms. The minimum atomic E-state index is 0.107. The Labute approximate surface area is 203 Å². The Morgan fingerprint density at radius 1 is 0.943 bits per heavy atom. The van der Waals surface area contributed by atoms with Crippen LogP contribution < -0.4 is 4.90 Å². The fourth-order valence-corrected chi connectivity index (χ4v) is 4.86. The van der Waals surface area contributed by atoms with Gasteiger partial charge in [-0.3, -0.25) is 4.79 Å². The molecule has 178 valence electrons. The van der Waals surface area contributed by atoms with Gasteiger partial charge in [-0.25, -0.2) is 4.98 Å². The zero-order valence-electron chi connectivity index (χ0n) is 19.6. The summed E-state index contributed by atoms with van der Waals surface area (Å²) in [6.45, 7) is 3.47. The van der Waals surface area contributed by atoms with Crippen molar-refractivity contribution in [1.82, 2.24) is 20.0 Å². The number of carbonyl (C=O) groups excluding carboxylic acids is 1. The smallest absolute Gasteiger partial charge is 0.324 e. The fourth-order valence-electron chi connectivity index (χ4n) is 4.86. The summed E-state index contributed by atoms with van der Waals surface area (Å²) in [6, 6.07) is 18.6. The van der Waals surface area contributed by atoms with E-state index >= 15 is 0 Å². The molecule has 0 N–H and O–H groups in total. The van der Waals surface area contributed by atoms with Crippen LogP contribution in [0.15, 0.2) is 69.9 Å². The molecule has 0 radical (unpaired) electrons. The van der Waals surface area contributed by atoms with Gasteiger partial charge in [-0.1, -0.05) is 47.6 Å². The largest absolute Gasteiger partial charge is 0.443 e. The van der Waals surface area contributed by atoms with Crippen molar-refractivity contribution in [3.05, 3.63) is 72.2 Å². The summed E-state index contributed by atoms with van der Waals surface area (Å²) in [5.41, 5.74) is 3.42. The Hall–Kier alpha value is -3.94. The normalized spacial score (nSPS) is 16.4. The van der Waals surface area contributed by atoms with E-state index in [-0.39, 0.29) is 11.9 Å². The van der Waals surface area contributed by atoms with Crippen molar-refractivity contribution in [2.45, 2.75) is 44.7 Å². The third kappa shape index (κ3) is 4.32. The molecule has 3 heterocycles. The first kappa shape index (κ1) is 21.6. The van der Waals surface area contributed by atoms with Gasteiger partial charge in [0, 0.05) is 41.9 Å². The molecule has 1 amide bonds. The van der Waals surface area contributed by atoms with Gasteiger partial charge in [-0.2, -0.15) is 4.98 Å². The number of hydrogen-bond acceptors (Lipinski definition) is 7. The second-order valence-corrected chi connectivity index (χ2v) is 9.27. The van der Waals surface area contributed by atoms with Gasteiger partial charge in [0.15, 0.2) is 12.2 Å². The lowest BCUT2D eigenvalue weighted by Gasteiger charge is -2.38. The number of anilines is 1. The molecule has 2 aromatic carbocycles. The SMILES string of the molecule is Cc1ncoc1-c1ccc(C(=O)N(C2CC2)C2CCN(c3nc(-c4ccccc4)no3)CC2)cc1. The van der Waals surface area contributed by atoms with Crippen LogP contribution in [0.1, 0.15) is 41.7 Å². The van der Waals surface area contributed by atoms with Crippen LogP contribution in [0.4, 0.5) is 6.01 Å². The van der Waals surface area contributed by atoms with Crippen LogP contribution >= 0.6 is 0 Å². The first-order valence-electron chi connectivity index (χ1n) is 12.1. The molecule has 2 aliphatic rings. The molecular weight excluding hydrogens is 442 g/mol. The van der Waals surface area contributed by atoms with Crippen LogP contribution in [-0.2, 0) is 0 Å². The highest BCUT2D eigenvalue weighted by Gasteiger charge is 2.39. The minimum absolute atomic E-state index is 0.107. The van der Waals surface area contributed by atoms with Crippen LogP contribution in [0.3, 0.4) is 0 Å². The minimum Gasteiger partial charge on any atom is -0.443 e. The van der Waals surface area contributed by atoms with Crippen LogP contribution in [0.2, 0.25) is 0 Å². The summed E-state index contributed by atoms with van der Waals surface area (Å²) in [4.78, 5) is 26.5. The van der Waals surface area contributed by atoms with Crippen molar-refractivity contribution >= 4 is 11.9 Å². The lowest BCUT2D eigenvalue weighted by atomic mass is 10.0. The highest BCUT2D eigenvalue weighted by molar-refractivity contribution is 5.95. The van der Waals surface area contributed by atoms with Gasteiger partial charge in [0.1, 0.15) is 0 Å². The van der Waals surface area contributed by atoms with Gasteiger partial charge in [0.05, 0.1) is 5.69 Å². The number of aryl methyl sites for hydroxylation is 1. The van der Waals surface area contributed by atoms with E-state index in [2.05, 4.69) is 24.9 Å². The number of benzene rings is 2. The van der Waals surface area contributed by atoms with Crippen LogP contribution in [0, 0.1) is 6.92 Å². The average Bonchev–Trinajstić information content (AvgIpc) is 3.43. The Bertz CT molecular complexity index is 1300. The topological polar surface area (TPSA) is 88.5 Å². The first-order valence-corrected chi connectivity index (χ1v) is 12.1. The number of aromatic nitrogens is 3. The monoisotopic (exact) mass is 469 g/mol. The zero-order chi connectivity index (χ0) is 23.8. The maximum absolute atomic E-state index is 13.5. The standard InChI is InChI=1S/C27H27N5O3/c1-18-24(34-17-28-18)19-7-9-21(10-8-19)26(33)32(22-11-12-22)23-13-15-31(16-14-23)27-29-25(30-35-27)20-5-3-2-4-6-20/h2-10,17,22-23H,11-16H2,1H3. The highest BCUT2D eigenvalue weighted by atomic mass is 16.5. The molecule has 1 aliphatic carbocycles. The fraction of sp³-hybridized carbons (Fsp3) is 0.333. The molecule has 6 rings (SSSR count). The molecule has 35 heavy (non-hydrogen) atoms. The van der Waals surface area contributed by atoms with Crippen molar-refractivity contribution in [3.8, 4) is 22.7 Å². The van der Waals surface area contributed by atoms with E-state index in [1.165, 1.54) is 6.39 Å².